The van der Waals surface area contributed by atoms with Gasteiger partial charge in [0.25, 0.3) is 0 Å². The molecule has 3 heteroatoms. The van der Waals surface area contributed by atoms with E-state index in [9.17, 15) is 0 Å². The summed E-state index contributed by atoms with van der Waals surface area (Å²) in [5.41, 5.74) is 1.47. The van der Waals surface area contributed by atoms with Crippen LogP contribution in [0.15, 0.2) is 24.3 Å². The van der Waals surface area contributed by atoms with Crippen molar-refractivity contribution in [2.24, 2.45) is 5.92 Å². The Morgan fingerprint density at radius 2 is 1.80 bits per heavy atom. The van der Waals surface area contributed by atoms with Crippen LogP contribution in [0.25, 0.3) is 0 Å². The molecule has 0 radical (unpaired) electrons. The fourth-order valence-corrected chi connectivity index (χ4v) is 3.45. The summed E-state index contributed by atoms with van der Waals surface area (Å²) in [7, 11) is -1.59. The van der Waals surface area contributed by atoms with Gasteiger partial charge in [-0.2, -0.15) is 35.9 Å². The van der Waals surface area contributed by atoms with Crippen LogP contribution in [-0.4, -0.2) is 14.9 Å². The van der Waals surface area contributed by atoms with Crippen LogP contribution < -0.4 is 18.9 Å². The molecular formula is C17H27LiOSi. The molecule has 0 amide bonds. The average molecular weight is 282 g/mol. The van der Waals surface area contributed by atoms with Crippen LogP contribution in [-0.2, 0) is 4.43 Å². The van der Waals surface area contributed by atoms with Crippen LogP contribution in [0.1, 0.15) is 45.1 Å². The normalized spacial score (nSPS) is 22.9. The first-order valence-corrected chi connectivity index (χ1v) is 10.3. The zero-order valence-electron chi connectivity index (χ0n) is 14.0. The van der Waals surface area contributed by atoms with Gasteiger partial charge in [-0.15, -0.1) is 0 Å². The van der Waals surface area contributed by atoms with Crippen molar-refractivity contribution in [1.82, 2.24) is 0 Å². The number of benzene rings is 1. The van der Waals surface area contributed by atoms with E-state index in [1.165, 1.54) is 18.4 Å². The van der Waals surface area contributed by atoms with Crippen molar-refractivity contribution in [2.45, 2.75) is 57.7 Å². The number of hydrogen-bond acceptors (Lipinski definition) is 1. The van der Waals surface area contributed by atoms with E-state index < -0.39 is 8.32 Å². The van der Waals surface area contributed by atoms with Crippen molar-refractivity contribution in [3.05, 3.63) is 35.9 Å². The quantitative estimate of drug-likeness (QED) is 0.606. The molecule has 1 saturated carbocycles. The first kappa shape index (κ1) is 18.0. The molecular weight excluding hydrogens is 255 g/mol. The van der Waals surface area contributed by atoms with Gasteiger partial charge >= 0.3 is 18.9 Å². The van der Waals surface area contributed by atoms with E-state index in [-0.39, 0.29) is 18.9 Å². The molecule has 0 aliphatic heterocycles. The third-order valence-electron chi connectivity index (χ3n) is 5.05. The zero-order chi connectivity index (χ0) is 14.1. The Hall–Kier alpha value is -0.00571. The van der Waals surface area contributed by atoms with E-state index >= 15 is 0 Å². The topological polar surface area (TPSA) is 9.23 Å². The summed E-state index contributed by atoms with van der Waals surface area (Å²) in [5.74, 6) is 1.43. The van der Waals surface area contributed by atoms with Gasteiger partial charge in [0.2, 0.25) is 0 Å². The summed E-state index contributed by atoms with van der Waals surface area (Å²) >= 11 is 0. The number of hydrogen-bond donors (Lipinski definition) is 0. The van der Waals surface area contributed by atoms with E-state index in [1.54, 1.807) is 0 Å². The summed E-state index contributed by atoms with van der Waals surface area (Å²) in [5, 5.41) is 0.313. The van der Waals surface area contributed by atoms with Gasteiger partial charge in [0.15, 0.2) is 8.32 Å². The van der Waals surface area contributed by atoms with Crippen LogP contribution in [0, 0.1) is 12.0 Å². The summed E-state index contributed by atoms with van der Waals surface area (Å²) in [6.45, 7) is 12.6. The Kier molecular flexibility index (Phi) is 6.17. The van der Waals surface area contributed by atoms with E-state index in [2.05, 4.69) is 52.1 Å². The average Bonchev–Trinajstić information content (AvgIpc) is 2.27. The molecule has 20 heavy (non-hydrogen) atoms. The summed E-state index contributed by atoms with van der Waals surface area (Å²) < 4.78 is 6.38. The van der Waals surface area contributed by atoms with Crippen LogP contribution in [0.3, 0.4) is 0 Å². The SMILES string of the molecule is CC(C)(C)[Si](C)(C)OC[C@H]1CC[C@@H]1c1cc[c-]cc1.[Li+]. The van der Waals surface area contributed by atoms with Crippen LogP contribution in [0.2, 0.25) is 18.1 Å². The maximum Gasteiger partial charge on any atom is 1.00 e. The minimum atomic E-state index is -1.59. The molecule has 1 aliphatic rings. The Morgan fingerprint density at radius 1 is 1.20 bits per heavy atom. The molecule has 0 spiro atoms. The Labute approximate surface area is 137 Å². The van der Waals surface area contributed by atoms with Gasteiger partial charge in [-0.05, 0) is 42.8 Å². The maximum absolute atomic E-state index is 6.38. The van der Waals surface area contributed by atoms with Gasteiger partial charge in [-0.3, -0.25) is 0 Å². The Bertz CT molecular complexity index is 411. The van der Waals surface area contributed by atoms with Gasteiger partial charge in [0.1, 0.15) is 0 Å². The van der Waals surface area contributed by atoms with E-state index in [0.29, 0.717) is 11.0 Å². The van der Waals surface area contributed by atoms with Crippen molar-refractivity contribution in [3.8, 4) is 0 Å². The second kappa shape index (κ2) is 6.84. The molecule has 1 aromatic carbocycles. The van der Waals surface area contributed by atoms with Gasteiger partial charge in [0.05, 0.1) is 0 Å². The monoisotopic (exact) mass is 282 g/mol. The van der Waals surface area contributed by atoms with Crippen molar-refractivity contribution in [1.29, 1.82) is 0 Å². The van der Waals surface area contributed by atoms with Gasteiger partial charge in [-0.25, -0.2) is 0 Å². The molecule has 1 aromatic rings. The predicted octanol–water partition coefficient (Wildman–Crippen LogP) is 2.01. The van der Waals surface area contributed by atoms with E-state index in [1.807, 2.05) is 12.1 Å². The molecule has 0 aromatic heterocycles. The van der Waals surface area contributed by atoms with Crippen molar-refractivity contribution in [3.63, 3.8) is 0 Å². The fourth-order valence-electron chi connectivity index (χ4n) is 2.39. The molecule has 1 aliphatic carbocycles. The van der Waals surface area contributed by atoms with Gasteiger partial charge in [-0.1, -0.05) is 20.8 Å². The first-order valence-electron chi connectivity index (χ1n) is 7.41. The Morgan fingerprint density at radius 3 is 2.25 bits per heavy atom. The Balaban J connectivity index is 0.00000200. The summed E-state index contributed by atoms with van der Waals surface area (Å²) in [4.78, 5) is 0. The maximum atomic E-state index is 6.38. The molecule has 2 atom stereocenters. The zero-order valence-corrected chi connectivity index (χ0v) is 15.0. The molecule has 1 nitrogen and oxygen atoms in total. The van der Waals surface area contributed by atoms with Crippen molar-refractivity contribution in [2.75, 3.05) is 6.61 Å². The van der Waals surface area contributed by atoms with Gasteiger partial charge in [0, 0.05) is 6.61 Å². The second-order valence-corrected chi connectivity index (χ2v) is 12.2. The number of rotatable bonds is 4. The van der Waals surface area contributed by atoms with Crippen LogP contribution in [0.4, 0.5) is 0 Å². The molecule has 0 N–H and O–H groups in total. The fraction of sp³-hybridized carbons (Fsp3) is 0.647. The molecule has 106 valence electrons. The predicted molar refractivity (Wildman–Crippen MR) is 83.9 cm³/mol. The van der Waals surface area contributed by atoms with Gasteiger partial charge < -0.3 is 4.43 Å². The molecule has 0 heterocycles. The largest absolute Gasteiger partial charge is 1.00 e. The standard InChI is InChI=1S/C17H27OSi.Li/c1-17(2,3)19(4,5)18-13-15-11-12-16(15)14-9-7-6-8-10-14;/h7-10,15-16H,11-13H2,1-5H3;/q-1;+1/t15-,16-;/m1./s1. The minimum Gasteiger partial charge on any atom is -0.417 e. The first-order chi connectivity index (χ1) is 8.81. The third-order valence-corrected chi connectivity index (χ3v) is 9.55. The summed E-state index contributed by atoms with van der Waals surface area (Å²) in [6, 6.07) is 11.6. The second-order valence-electron chi connectivity index (χ2n) is 7.35. The van der Waals surface area contributed by atoms with Crippen molar-refractivity contribution < 1.29 is 23.3 Å². The van der Waals surface area contributed by atoms with E-state index in [4.69, 9.17) is 4.43 Å². The smallest absolute Gasteiger partial charge is 0.417 e. The molecule has 0 saturated heterocycles. The summed E-state index contributed by atoms with van der Waals surface area (Å²) in [6.07, 6.45) is 2.63. The minimum absolute atomic E-state index is 0. The molecule has 0 bridgehead atoms. The molecule has 1 fully saturated rings. The van der Waals surface area contributed by atoms with Crippen LogP contribution >= 0.6 is 0 Å². The van der Waals surface area contributed by atoms with Crippen molar-refractivity contribution >= 4 is 8.32 Å². The third kappa shape index (κ3) is 4.01. The molecule has 2 rings (SSSR count). The van der Waals surface area contributed by atoms with Crippen LogP contribution in [0.5, 0.6) is 0 Å². The van der Waals surface area contributed by atoms with E-state index in [0.717, 1.165) is 12.5 Å². The molecule has 0 unspecified atom stereocenters.